The van der Waals surface area contributed by atoms with E-state index in [1.165, 1.54) is 6.20 Å². The summed E-state index contributed by atoms with van der Waals surface area (Å²) in [5.41, 5.74) is 0.859. The molecule has 1 atom stereocenters. The fourth-order valence-electron chi connectivity index (χ4n) is 1.80. The molecule has 0 amide bonds. The second kappa shape index (κ2) is 8.18. The van der Waals surface area contributed by atoms with Gasteiger partial charge in [-0.1, -0.05) is 13.3 Å². The first-order valence-electron chi connectivity index (χ1n) is 6.94. The van der Waals surface area contributed by atoms with Crippen molar-refractivity contribution in [1.29, 1.82) is 0 Å². The molecule has 21 heavy (non-hydrogen) atoms. The van der Waals surface area contributed by atoms with Gasteiger partial charge in [0.1, 0.15) is 0 Å². The predicted octanol–water partition coefficient (Wildman–Crippen LogP) is 1.87. The molecular formula is C14H21N3O4. The predicted molar refractivity (Wildman–Crippen MR) is 77.2 cm³/mol. The van der Waals surface area contributed by atoms with E-state index in [1.54, 1.807) is 13.8 Å². The summed E-state index contributed by atoms with van der Waals surface area (Å²) in [5, 5.41) is 11.8. The van der Waals surface area contributed by atoms with Crippen LogP contribution in [-0.4, -0.2) is 40.2 Å². The van der Waals surface area contributed by atoms with Crippen LogP contribution in [0.2, 0.25) is 0 Å². The maximum absolute atomic E-state index is 11.6. The Kier molecular flexibility index (Phi) is 6.58. The summed E-state index contributed by atoms with van der Waals surface area (Å²) >= 11 is 0. The van der Waals surface area contributed by atoms with Crippen molar-refractivity contribution in [2.24, 2.45) is 5.92 Å². The largest absolute Gasteiger partial charge is 0.481 e. The molecule has 0 aliphatic rings. The zero-order chi connectivity index (χ0) is 15.8. The minimum absolute atomic E-state index is 0.0103. The van der Waals surface area contributed by atoms with E-state index in [9.17, 15) is 9.59 Å². The van der Waals surface area contributed by atoms with Crippen molar-refractivity contribution >= 4 is 17.9 Å². The van der Waals surface area contributed by atoms with Gasteiger partial charge in [0.15, 0.2) is 0 Å². The van der Waals surface area contributed by atoms with Crippen LogP contribution < -0.4 is 5.32 Å². The van der Waals surface area contributed by atoms with Gasteiger partial charge in [-0.2, -0.15) is 0 Å². The number of carbonyl (C=O) groups excluding carboxylic acids is 1. The van der Waals surface area contributed by atoms with Crippen molar-refractivity contribution in [1.82, 2.24) is 9.97 Å². The molecule has 0 radical (unpaired) electrons. The van der Waals surface area contributed by atoms with Crippen molar-refractivity contribution in [3.05, 3.63) is 17.5 Å². The summed E-state index contributed by atoms with van der Waals surface area (Å²) < 4.78 is 4.90. The first-order chi connectivity index (χ1) is 9.97. The van der Waals surface area contributed by atoms with Crippen LogP contribution >= 0.6 is 0 Å². The number of aromatic nitrogens is 2. The molecule has 0 saturated heterocycles. The highest BCUT2D eigenvalue weighted by atomic mass is 16.5. The monoisotopic (exact) mass is 295 g/mol. The summed E-state index contributed by atoms with van der Waals surface area (Å²) in [5.74, 6) is -0.877. The van der Waals surface area contributed by atoms with Crippen molar-refractivity contribution in [3.8, 4) is 0 Å². The molecule has 1 rings (SSSR count). The average Bonchev–Trinajstić information content (AvgIpc) is 2.43. The number of carboxylic acids is 1. The van der Waals surface area contributed by atoms with E-state index in [1.807, 2.05) is 6.92 Å². The molecule has 1 unspecified atom stereocenters. The Morgan fingerprint density at radius 1 is 1.43 bits per heavy atom. The Hall–Kier alpha value is -2.18. The smallest absolute Gasteiger partial charge is 0.341 e. The fraction of sp³-hybridized carbons (Fsp3) is 0.571. The van der Waals surface area contributed by atoms with Gasteiger partial charge in [0, 0.05) is 19.2 Å². The molecule has 0 saturated carbocycles. The average molecular weight is 295 g/mol. The van der Waals surface area contributed by atoms with E-state index in [2.05, 4.69) is 15.3 Å². The Morgan fingerprint density at radius 2 is 2.14 bits per heavy atom. The molecule has 0 fully saturated rings. The van der Waals surface area contributed by atoms with Gasteiger partial charge in [0.2, 0.25) is 5.95 Å². The summed E-state index contributed by atoms with van der Waals surface area (Å²) in [6, 6.07) is 0. The minimum Gasteiger partial charge on any atom is -0.481 e. The number of carbonyl (C=O) groups is 2. The lowest BCUT2D eigenvalue weighted by atomic mass is 10.0. The third-order valence-electron chi connectivity index (χ3n) is 3.06. The minimum atomic E-state index is -0.821. The van der Waals surface area contributed by atoms with E-state index in [-0.39, 0.29) is 12.3 Å². The van der Waals surface area contributed by atoms with Crippen LogP contribution in [0.1, 0.15) is 42.7 Å². The van der Waals surface area contributed by atoms with Crippen LogP contribution in [0.3, 0.4) is 0 Å². The lowest BCUT2D eigenvalue weighted by molar-refractivity contribution is -0.138. The van der Waals surface area contributed by atoms with Crippen LogP contribution in [-0.2, 0) is 9.53 Å². The maximum Gasteiger partial charge on any atom is 0.341 e. The molecule has 0 bridgehead atoms. The van der Waals surface area contributed by atoms with Gasteiger partial charge in [-0.25, -0.2) is 14.8 Å². The van der Waals surface area contributed by atoms with Crippen LogP contribution in [0.15, 0.2) is 6.20 Å². The summed E-state index contributed by atoms with van der Waals surface area (Å²) in [7, 11) is 0. The molecule has 116 valence electrons. The summed E-state index contributed by atoms with van der Waals surface area (Å²) in [6.45, 7) is 6.14. The van der Waals surface area contributed by atoms with Gasteiger partial charge in [0.05, 0.1) is 17.9 Å². The van der Waals surface area contributed by atoms with Crippen molar-refractivity contribution in [2.75, 3.05) is 18.5 Å². The molecule has 1 aromatic heterocycles. The fourth-order valence-corrected chi connectivity index (χ4v) is 1.80. The van der Waals surface area contributed by atoms with Crippen molar-refractivity contribution < 1.29 is 19.4 Å². The number of aliphatic carboxylic acids is 1. The highest BCUT2D eigenvalue weighted by Crippen LogP contribution is 2.12. The zero-order valence-corrected chi connectivity index (χ0v) is 12.5. The third kappa shape index (κ3) is 5.37. The van der Waals surface area contributed by atoms with Gasteiger partial charge in [-0.3, -0.25) is 4.79 Å². The highest BCUT2D eigenvalue weighted by Gasteiger charge is 2.14. The lowest BCUT2D eigenvalue weighted by Crippen LogP contribution is -2.19. The van der Waals surface area contributed by atoms with Crippen molar-refractivity contribution in [2.45, 2.75) is 33.6 Å². The normalized spacial score (nSPS) is 11.8. The lowest BCUT2D eigenvalue weighted by Gasteiger charge is -2.14. The van der Waals surface area contributed by atoms with Gasteiger partial charge in [-0.15, -0.1) is 0 Å². The van der Waals surface area contributed by atoms with E-state index < -0.39 is 11.9 Å². The van der Waals surface area contributed by atoms with Gasteiger partial charge in [-0.05, 0) is 19.8 Å². The molecule has 1 heterocycles. The Morgan fingerprint density at radius 3 is 2.67 bits per heavy atom. The Bertz CT molecular complexity index is 505. The van der Waals surface area contributed by atoms with Crippen LogP contribution in [0.4, 0.5) is 5.95 Å². The highest BCUT2D eigenvalue weighted by molar-refractivity contribution is 5.90. The van der Waals surface area contributed by atoms with Crippen LogP contribution in [0.5, 0.6) is 0 Å². The maximum atomic E-state index is 11.6. The number of hydrogen-bond acceptors (Lipinski definition) is 6. The molecule has 2 N–H and O–H groups in total. The number of nitrogens with zero attached hydrogens (tertiary/aromatic N) is 2. The summed E-state index contributed by atoms with van der Waals surface area (Å²) in [4.78, 5) is 30.6. The molecule has 7 heteroatoms. The molecule has 0 spiro atoms. The Labute approximate surface area is 123 Å². The van der Waals surface area contributed by atoms with E-state index in [4.69, 9.17) is 9.84 Å². The molecule has 0 aromatic carbocycles. The Balaban J connectivity index is 2.67. The van der Waals surface area contributed by atoms with E-state index in [0.29, 0.717) is 30.4 Å². The molecular weight excluding hydrogens is 274 g/mol. The molecule has 0 aliphatic heterocycles. The first-order valence-corrected chi connectivity index (χ1v) is 6.94. The molecule has 1 aromatic rings. The zero-order valence-electron chi connectivity index (χ0n) is 12.5. The quantitative estimate of drug-likeness (QED) is 0.706. The van der Waals surface area contributed by atoms with Gasteiger partial charge in [0.25, 0.3) is 0 Å². The number of carboxylic acid groups (broad SMARTS) is 1. The third-order valence-corrected chi connectivity index (χ3v) is 3.06. The van der Waals surface area contributed by atoms with Gasteiger partial charge < -0.3 is 15.2 Å². The van der Waals surface area contributed by atoms with Crippen LogP contribution in [0, 0.1) is 12.8 Å². The topological polar surface area (TPSA) is 101 Å². The standard InChI is InChI=1S/C14H21N3O4/c1-4-10(6-12(18)19)7-15-14-16-8-11(9(3)17-14)13(20)21-5-2/h8,10H,4-7H2,1-3H3,(H,18,19)(H,15,16,17). The van der Waals surface area contributed by atoms with Gasteiger partial charge >= 0.3 is 11.9 Å². The van der Waals surface area contributed by atoms with E-state index in [0.717, 1.165) is 6.42 Å². The molecule has 0 aliphatic carbocycles. The first kappa shape index (κ1) is 16.9. The number of hydrogen-bond donors (Lipinski definition) is 2. The summed E-state index contributed by atoms with van der Waals surface area (Å²) in [6.07, 6.45) is 2.27. The number of esters is 1. The number of rotatable bonds is 8. The number of nitrogens with one attached hydrogen (secondary N) is 1. The second-order valence-electron chi connectivity index (χ2n) is 4.67. The molecule has 7 nitrogen and oxygen atoms in total. The number of anilines is 1. The number of ether oxygens (including phenoxy) is 1. The van der Waals surface area contributed by atoms with E-state index >= 15 is 0 Å². The van der Waals surface area contributed by atoms with Crippen LogP contribution in [0.25, 0.3) is 0 Å². The number of aryl methyl sites for hydroxylation is 1. The van der Waals surface area contributed by atoms with Crippen molar-refractivity contribution in [3.63, 3.8) is 0 Å². The second-order valence-corrected chi connectivity index (χ2v) is 4.67. The SMILES string of the molecule is CCOC(=O)c1cnc(NCC(CC)CC(=O)O)nc1C.